The number of carbonyl (C=O) groups is 2. The van der Waals surface area contributed by atoms with E-state index in [-0.39, 0.29) is 17.9 Å². The number of carbonyl (C=O) groups excluding carboxylic acids is 2. The monoisotopic (exact) mass is 273 g/mol. The second kappa shape index (κ2) is 4.90. The Kier molecular flexibility index (Phi) is 3.22. The van der Waals surface area contributed by atoms with Gasteiger partial charge in [-0.1, -0.05) is 6.07 Å². The molecule has 20 heavy (non-hydrogen) atoms. The summed E-state index contributed by atoms with van der Waals surface area (Å²) in [5.74, 6) is 0.496. The topological polar surface area (TPSA) is 75.4 Å². The van der Waals surface area contributed by atoms with E-state index in [2.05, 4.69) is 5.32 Å². The standard InChI is InChI=1S/C15H19N3O2/c1-18(13(8-16)9-2-3-9)15(20)11-5-4-10-7-14(19)17-12(10)6-11/h4-6,9,13H,2-3,7-8,16H2,1H3,(H,17,19). The summed E-state index contributed by atoms with van der Waals surface area (Å²) in [6, 6.07) is 5.52. The largest absolute Gasteiger partial charge is 0.337 e. The highest BCUT2D eigenvalue weighted by Crippen LogP contribution is 2.35. The minimum absolute atomic E-state index is 0.0178. The Balaban J connectivity index is 1.80. The number of rotatable bonds is 4. The Morgan fingerprint density at radius 3 is 2.90 bits per heavy atom. The second-order valence-corrected chi connectivity index (χ2v) is 5.65. The van der Waals surface area contributed by atoms with Crippen LogP contribution in [0.15, 0.2) is 18.2 Å². The second-order valence-electron chi connectivity index (χ2n) is 5.65. The Bertz CT molecular complexity index is 566. The van der Waals surface area contributed by atoms with Gasteiger partial charge in [0.1, 0.15) is 0 Å². The fourth-order valence-electron chi connectivity index (χ4n) is 2.85. The van der Waals surface area contributed by atoms with Gasteiger partial charge in [-0.3, -0.25) is 9.59 Å². The number of nitrogens with two attached hydrogens (primary N) is 1. The first kappa shape index (κ1) is 13.1. The smallest absolute Gasteiger partial charge is 0.253 e. The Hall–Kier alpha value is -1.88. The van der Waals surface area contributed by atoms with Crippen molar-refractivity contribution < 1.29 is 9.59 Å². The van der Waals surface area contributed by atoms with Crippen molar-refractivity contribution in [3.05, 3.63) is 29.3 Å². The molecule has 3 rings (SSSR count). The maximum absolute atomic E-state index is 12.5. The summed E-state index contributed by atoms with van der Waals surface area (Å²) in [6.07, 6.45) is 2.70. The van der Waals surface area contributed by atoms with Gasteiger partial charge in [0.15, 0.2) is 0 Å². The van der Waals surface area contributed by atoms with E-state index in [1.54, 1.807) is 17.0 Å². The average molecular weight is 273 g/mol. The van der Waals surface area contributed by atoms with Crippen molar-refractivity contribution in [3.8, 4) is 0 Å². The molecule has 1 aliphatic heterocycles. The van der Waals surface area contributed by atoms with Crippen LogP contribution >= 0.6 is 0 Å². The van der Waals surface area contributed by atoms with Crippen LogP contribution in [0, 0.1) is 5.92 Å². The molecule has 2 aliphatic rings. The predicted octanol–water partition coefficient (Wildman–Crippen LogP) is 0.991. The van der Waals surface area contributed by atoms with Crippen LogP contribution in [0.2, 0.25) is 0 Å². The number of nitrogens with one attached hydrogen (secondary N) is 1. The number of likely N-dealkylation sites (N-methyl/N-ethyl adjacent to an activating group) is 1. The Morgan fingerprint density at radius 2 is 2.25 bits per heavy atom. The third kappa shape index (κ3) is 2.29. The number of anilines is 1. The molecule has 1 heterocycles. The van der Waals surface area contributed by atoms with Crippen LogP contribution in [0.1, 0.15) is 28.8 Å². The third-order valence-electron chi connectivity index (χ3n) is 4.21. The zero-order valence-corrected chi connectivity index (χ0v) is 11.6. The molecule has 1 atom stereocenters. The molecule has 0 spiro atoms. The van der Waals surface area contributed by atoms with E-state index in [4.69, 9.17) is 5.73 Å². The molecule has 1 unspecified atom stereocenters. The predicted molar refractivity (Wildman–Crippen MR) is 76.4 cm³/mol. The molecule has 0 radical (unpaired) electrons. The normalized spacial score (nSPS) is 18.4. The zero-order chi connectivity index (χ0) is 14.3. The molecule has 5 nitrogen and oxygen atoms in total. The molecule has 1 aromatic rings. The van der Waals surface area contributed by atoms with E-state index >= 15 is 0 Å². The number of benzene rings is 1. The van der Waals surface area contributed by atoms with Gasteiger partial charge in [-0.2, -0.15) is 0 Å². The van der Waals surface area contributed by atoms with E-state index in [1.807, 2.05) is 13.1 Å². The highest BCUT2D eigenvalue weighted by Gasteiger charge is 2.35. The van der Waals surface area contributed by atoms with E-state index in [0.29, 0.717) is 24.4 Å². The summed E-state index contributed by atoms with van der Waals surface area (Å²) in [5.41, 5.74) is 8.10. The SMILES string of the molecule is CN(C(=O)c1ccc2c(c1)NC(=O)C2)C(CN)C1CC1. The lowest BCUT2D eigenvalue weighted by Gasteiger charge is -2.27. The first-order chi connectivity index (χ1) is 9.60. The van der Waals surface area contributed by atoms with E-state index in [0.717, 1.165) is 24.1 Å². The highest BCUT2D eigenvalue weighted by atomic mass is 16.2. The number of amides is 2. The number of nitrogens with zero attached hydrogens (tertiary/aromatic N) is 1. The Morgan fingerprint density at radius 1 is 1.50 bits per heavy atom. The number of hydrogen-bond acceptors (Lipinski definition) is 3. The van der Waals surface area contributed by atoms with Gasteiger partial charge in [-0.15, -0.1) is 0 Å². The fourth-order valence-corrected chi connectivity index (χ4v) is 2.85. The highest BCUT2D eigenvalue weighted by molar-refractivity contribution is 6.02. The molecule has 0 saturated heterocycles. The minimum Gasteiger partial charge on any atom is -0.337 e. The Labute approximate surface area is 118 Å². The molecular formula is C15H19N3O2. The summed E-state index contributed by atoms with van der Waals surface area (Å²) >= 11 is 0. The molecule has 5 heteroatoms. The lowest BCUT2D eigenvalue weighted by Crippen LogP contribution is -2.43. The molecule has 3 N–H and O–H groups in total. The quantitative estimate of drug-likeness (QED) is 0.859. The summed E-state index contributed by atoms with van der Waals surface area (Å²) in [6.45, 7) is 0.495. The maximum Gasteiger partial charge on any atom is 0.253 e. The zero-order valence-electron chi connectivity index (χ0n) is 11.6. The molecule has 0 aromatic heterocycles. The fraction of sp³-hybridized carbons (Fsp3) is 0.467. The number of hydrogen-bond donors (Lipinski definition) is 2. The van der Waals surface area contributed by atoms with Gasteiger partial charge in [0, 0.05) is 30.9 Å². The van der Waals surface area contributed by atoms with Gasteiger partial charge >= 0.3 is 0 Å². The average Bonchev–Trinajstić information content (AvgIpc) is 3.18. The van der Waals surface area contributed by atoms with Crippen molar-refractivity contribution in [1.82, 2.24) is 4.90 Å². The molecule has 2 amide bonds. The van der Waals surface area contributed by atoms with Gasteiger partial charge in [-0.05, 0) is 36.5 Å². The molecule has 1 aliphatic carbocycles. The lowest BCUT2D eigenvalue weighted by atomic mass is 10.1. The molecule has 1 fully saturated rings. The van der Waals surface area contributed by atoms with Gasteiger partial charge in [0.2, 0.25) is 5.91 Å². The van der Waals surface area contributed by atoms with Crippen LogP contribution in [0.3, 0.4) is 0 Å². The first-order valence-corrected chi connectivity index (χ1v) is 7.00. The molecular weight excluding hydrogens is 254 g/mol. The van der Waals surface area contributed by atoms with Gasteiger partial charge in [-0.25, -0.2) is 0 Å². The van der Waals surface area contributed by atoms with Crippen molar-refractivity contribution in [2.45, 2.75) is 25.3 Å². The van der Waals surface area contributed by atoms with E-state index < -0.39 is 0 Å². The van der Waals surface area contributed by atoms with Crippen LogP contribution in [0.4, 0.5) is 5.69 Å². The summed E-state index contributed by atoms with van der Waals surface area (Å²) < 4.78 is 0. The molecule has 0 bridgehead atoms. The van der Waals surface area contributed by atoms with Gasteiger partial charge in [0.25, 0.3) is 5.91 Å². The maximum atomic E-state index is 12.5. The minimum atomic E-state index is -0.0312. The van der Waals surface area contributed by atoms with Crippen molar-refractivity contribution in [1.29, 1.82) is 0 Å². The van der Waals surface area contributed by atoms with Gasteiger partial charge in [0.05, 0.1) is 6.42 Å². The van der Waals surface area contributed by atoms with E-state index in [1.165, 1.54) is 0 Å². The first-order valence-electron chi connectivity index (χ1n) is 7.00. The summed E-state index contributed by atoms with van der Waals surface area (Å²) in [5, 5.41) is 2.78. The third-order valence-corrected chi connectivity index (χ3v) is 4.21. The molecule has 106 valence electrons. The summed E-state index contributed by atoms with van der Waals surface area (Å²) in [7, 11) is 1.81. The molecule has 1 aromatic carbocycles. The van der Waals surface area contributed by atoms with Crippen molar-refractivity contribution >= 4 is 17.5 Å². The lowest BCUT2D eigenvalue weighted by molar-refractivity contribution is -0.115. The number of fused-ring (bicyclic) bond motifs is 1. The van der Waals surface area contributed by atoms with Crippen LogP contribution in [-0.2, 0) is 11.2 Å². The van der Waals surface area contributed by atoms with Crippen LogP contribution in [-0.4, -0.2) is 36.3 Å². The van der Waals surface area contributed by atoms with Crippen molar-refractivity contribution in [2.75, 3.05) is 18.9 Å². The van der Waals surface area contributed by atoms with Crippen LogP contribution < -0.4 is 11.1 Å². The van der Waals surface area contributed by atoms with Crippen LogP contribution in [0.25, 0.3) is 0 Å². The van der Waals surface area contributed by atoms with Crippen molar-refractivity contribution in [3.63, 3.8) is 0 Å². The molecule has 1 saturated carbocycles. The van der Waals surface area contributed by atoms with Gasteiger partial charge < -0.3 is 16.0 Å². The summed E-state index contributed by atoms with van der Waals surface area (Å²) in [4.78, 5) is 25.6. The van der Waals surface area contributed by atoms with Crippen molar-refractivity contribution in [2.24, 2.45) is 11.7 Å². The van der Waals surface area contributed by atoms with E-state index in [9.17, 15) is 9.59 Å². The van der Waals surface area contributed by atoms with Crippen LogP contribution in [0.5, 0.6) is 0 Å².